The van der Waals surface area contributed by atoms with Crippen LogP contribution < -0.4 is 0 Å². The van der Waals surface area contributed by atoms with E-state index in [-0.39, 0.29) is 12.3 Å². The Balaban J connectivity index is 2.08. The van der Waals surface area contributed by atoms with E-state index in [1.165, 1.54) is 4.90 Å². The second-order valence-corrected chi connectivity index (χ2v) is 5.02. The predicted molar refractivity (Wildman–Crippen MR) is 76.1 cm³/mol. The average Bonchev–Trinajstić information content (AvgIpc) is 2.69. The Kier molecular flexibility index (Phi) is 3.05. The molecule has 2 aromatic carbocycles. The zero-order valence-electron chi connectivity index (χ0n) is 11.3. The molecule has 1 heterocycles. The SMILES string of the molecule is CCN1C(=O)c2ccccc2C1(F)Cc1ccccc1. The third-order valence-corrected chi connectivity index (χ3v) is 3.84. The van der Waals surface area contributed by atoms with Crippen LogP contribution in [0.2, 0.25) is 0 Å². The standard InChI is InChI=1S/C17H16FNO/c1-2-19-16(20)14-10-6-7-11-15(14)17(19,18)12-13-8-4-3-5-9-13/h3-11H,2,12H2,1H3. The van der Waals surface area contributed by atoms with Gasteiger partial charge in [0, 0.05) is 24.1 Å². The summed E-state index contributed by atoms with van der Waals surface area (Å²) >= 11 is 0. The first-order valence-electron chi connectivity index (χ1n) is 6.81. The molecule has 102 valence electrons. The summed E-state index contributed by atoms with van der Waals surface area (Å²) in [4.78, 5) is 13.6. The van der Waals surface area contributed by atoms with Crippen LogP contribution in [0.15, 0.2) is 54.6 Å². The molecule has 2 aromatic rings. The maximum Gasteiger partial charge on any atom is 0.257 e. The van der Waals surface area contributed by atoms with Gasteiger partial charge < -0.3 is 4.90 Å². The lowest BCUT2D eigenvalue weighted by molar-refractivity contribution is -0.00891. The summed E-state index contributed by atoms with van der Waals surface area (Å²) < 4.78 is 15.6. The topological polar surface area (TPSA) is 20.3 Å². The fourth-order valence-electron chi connectivity index (χ4n) is 2.91. The highest BCUT2D eigenvalue weighted by molar-refractivity contribution is 5.99. The van der Waals surface area contributed by atoms with Crippen molar-refractivity contribution in [3.8, 4) is 0 Å². The molecule has 20 heavy (non-hydrogen) atoms. The lowest BCUT2D eigenvalue weighted by Crippen LogP contribution is -2.41. The van der Waals surface area contributed by atoms with E-state index in [2.05, 4.69) is 0 Å². The van der Waals surface area contributed by atoms with Gasteiger partial charge in [0.25, 0.3) is 5.91 Å². The molecule has 3 rings (SSSR count). The summed E-state index contributed by atoms with van der Waals surface area (Å²) in [5.74, 6) is -1.97. The largest absolute Gasteiger partial charge is 0.302 e. The smallest absolute Gasteiger partial charge is 0.257 e. The minimum atomic E-state index is -1.75. The van der Waals surface area contributed by atoms with E-state index in [0.29, 0.717) is 17.7 Å². The molecule has 0 fully saturated rings. The van der Waals surface area contributed by atoms with Crippen LogP contribution in [0, 0.1) is 0 Å². The van der Waals surface area contributed by atoms with Gasteiger partial charge in [0.05, 0.1) is 0 Å². The predicted octanol–water partition coefficient (Wildman–Crippen LogP) is 3.53. The molecule has 1 aliphatic rings. The van der Waals surface area contributed by atoms with Crippen LogP contribution in [0.3, 0.4) is 0 Å². The molecule has 2 nitrogen and oxygen atoms in total. The Morgan fingerprint density at radius 3 is 2.40 bits per heavy atom. The van der Waals surface area contributed by atoms with E-state index >= 15 is 4.39 Å². The first-order valence-corrected chi connectivity index (χ1v) is 6.81. The van der Waals surface area contributed by atoms with E-state index in [9.17, 15) is 4.79 Å². The van der Waals surface area contributed by atoms with Gasteiger partial charge in [-0.2, -0.15) is 0 Å². The number of carbonyl (C=O) groups is 1. The van der Waals surface area contributed by atoms with Gasteiger partial charge in [-0.05, 0) is 18.6 Å². The maximum absolute atomic E-state index is 15.6. The molecule has 0 aliphatic carbocycles. The van der Waals surface area contributed by atoms with Crippen molar-refractivity contribution < 1.29 is 9.18 Å². The highest BCUT2D eigenvalue weighted by Crippen LogP contribution is 2.42. The Morgan fingerprint density at radius 1 is 1.05 bits per heavy atom. The molecule has 0 radical (unpaired) electrons. The summed E-state index contributed by atoms with van der Waals surface area (Å²) in [6.45, 7) is 2.17. The average molecular weight is 269 g/mol. The van der Waals surface area contributed by atoms with Crippen molar-refractivity contribution in [2.24, 2.45) is 0 Å². The summed E-state index contributed by atoms with van der Waals surface area (Å²) in [6.07, 6.45) is 0.185. The summed E-state index contributed by atoms with van der Waals surface area (Å²) in [7, 11) is 0. The summed E-state index contributed by atoms with van der Waals surface area (Å²) in [6, 6.07) is 16.4. The number of nitrogens with zero attached hydrogens (tertiary/aromatic N) is 1. The van der Waals surface area contributed by atoms with Crippen molar-refractivity contribution in [2.45, 2.75) is 19.1 Å². The third-order valence-electron chi connectivity index (χ3n) is 3.84. The van der Waals surface area contributed by atoms with Gasteiger partial charge in [-0.3, -0.25) is 4.79 Å². The number of carbonyl (C=O) groups excluding carboxylic acids is 1. The van der Waals surface area contributed by atoms with E-state index < -0.39 is 5.79 Å². The second-order valence-electron chi connectivity index (χ2n) is 5.02. The van der Waals surface area contributed by atoms with Crippen molar-refractivity contribution in [3.05, 3.63) is 71.3 Å². The minimum absolute atomic E-state index is 0.185. The van der Waals surface area contributed by atoms with Gasteiger partial charge in [0.2, 0.25) is 5.79 Å². The van der Waals surface area contributed by atoms with E-state index in [1.54, 1.807) is 24.3 Å². The zero-order chi connectivity index (χ0) is 14.2. The monoisotopic (exact) mass is 269 g/mol. The number of halogens is 1. The molecule has 1 unspecified atom stereocenters. The van der Waals surface area contributed by atoms with Crippen LogP contribution in [0.4, 0.5) is 4.39 Å². The molecule has 0 saturated carbocycles. The van der Waals surface area contributed by atoms with Crippen LogP contribution >= 0.6 is 0 Å². The Hall–Kier alpha value is -2.16. The first-order chi connectivity index (χ1) is 9.66. The maximum atomic E-state index is 15.6. The molecular formula is C17H16FNO. The van der Waals surface area contributed by atoms with Gasteiger partial charge in [-0.25, -0.2) is 4.39 Å². The number of alkyl halides is 1. The minimum Gasteiger partial charge on any atom is -0.302 e. The second kappa shape index (κ2) is 4.75. The number of benzene rings is 2. The number of fused-ring (bicyclic) bond motifs is 1. The fraction of sp³-hybridized carbons (Fsp3) is 0.235. The quantitative estimate of drug-likeness (QED) is 0.781. The number of rotatable bonds is 3. The Labute approximate surface area is 117 Å². The van der Waals surface area contributed by atoms with Crippen LogP contribution in [0.5, 0.6) is 0 Å². The Bertz CT molecular complexity index is 640. The van der Waals surface area contributed by atoms with Gasteiger partial charge in [-0.1, -0.05) is 48.5 Å². The molecule has 0 bridgehead atoms. The lowest BCUT2D eigenvalue weighted by atomic mass is 9.96. The highest BCUT2D eigenvalue weighted by Gasteiger charge is 2.49. The molecule has 0 aromatic heterocycles. The van der Waals surface area contributed by atoms with Crippen molar-refractivity contribution in [1.82, 2.24) is 4.90 Å². The molecule has 1 atom stereocenters. The van der Waals surface area contributed by atoms with Crippen LogP contribution in [-0.4, -0.2) is 17.4 Å². The first kappa shape index (κ1) is 12.9. The van der Waals surface area contributed by atoms with Crippen molar-refractivity contribution >= 4 is 5.91 Å². The summed E-state index contributed by atoms with van der Waals surface area (Å²) in [5.41, 5.74) is 1.85. The molecule has 0 saturated heterocycles. The number of hydrogen-bond donors (Lipinski definition) is 0. The normalized spacial score (nSPS) is 21.1. The summed E-state index contributed by atoms with van der Waals surface area (Å²) in [5, 5.41) is 0. The van der Waals surface area contributed by atoms with E-state index in [1.807, 2.05) is 37.3 Å². The fourth-order valence-corrected chi connectivity index (χ4v) is 2.91. The van der Waals surface area contributed by atoms with Gasteiger partial charge in [0.15, 0.2) is 0 Å². The number of amides is 1. The Morgan fingerprint density at radius 2 is 1.70 bits per heavy atom. The van der Waals surface area contributed by atoms with Crippen LogP contribution in [0.1, 0.15) is 28.4 Å². The molecular weight excluding hydrogens is 253 g/mol. The third kappa shape index (κ3) is 1.82. The van der Waals surface area contributed by atoms with Crippen molar-refractivity contribution in [2.75, 3.05) is 6.54 Å². The molecule has 3 heteroatoms. The molecule has 1 amide bonds. The number of hydrogen-bond acceptors (Lipinski definition) is 1. The van der Waals surface area contributed by atoms with Gasteiger partial charge in [0.1, 0.15) is 0 Å². The highest BCUT2D eigenvalue weighted by atomic mass is 19.1. The lowest BCUT2D eigenvalue weighted by Gasteiger charge is -2.31. The molecule has 1 aliphatic heterocycles. The van der Waals surface area contributed by atoms with E-state index in [0.717, 1.165) is 5.56 Å². The van der Waals surface area contributed by atoms with Gasteiger partial charge in [-0.15, -0.1) is 0 Å². The van der Waals surface area contributed by atoms with Crippen LogP contribution in [0.25, 0.3) is 0 Å². The molecule has 0 spiro atoms. The van der Waals surface area contributed by atoms with E-state index in [4.69, 9.17) is 0 Å². The van der Waals surface area contributed by atoms with Crippen molar-refractivity contribution in [1.29, 1.82) is 0 Å². The number of likely N-dealkylation sites (N-methyl/N-ethyl adjacent to an activating group) is 1. The van der Waals surface area contributed by atoms with Crippen LogP contribution in [-0.2, 0) is 12.2 Å². The molecule has 0 N–H and O–H groups in total. The van der Waals surface area contributed by atoms with Gasteiger partial charge >= 0.3 is 0 Å². The van der Waals surface area contributed by atoms with Crippen molar-refractivity contribution in [3.63, 3.8) is 0 Å². The zero-order valence-corrected chi connectivity index (χ0v) is 11.3.